The van der Waals surface area contributed by atoms with E-state index in [-0.39, 0.29) is 5.56 Å². The molecule has 0 aromatic heterocycles. The minimum absolute atomic E-state index is 0.366. The highest BCUT2D eigenvalue weighted by molar-refractivity contribution is 6.05. The molecule has 0 unspecified atom stereocenters. The summed E-state index contributed by atoms with van der Waals surface area (Å²) in [6, 6.07) is 5.94. The zero-order chi connectivity index (χ0) is 16.3. The molecule has 0 bridgehead atoms. The first kappa shape index (κ1) is 15.8. The molecule has 0 aliphatic rings. The Morgan fingerprint density at radius 2 is 1.68 bits per heavy atom. The third-order valence-corrected chi connectivity index (χ3v) is 3.15. The van der Waals surface area contributed by atoms with Gasteiger partial charge in [-0.15, -0.1) is 0 Å². The summed E-state index contributed by atoms with van der Waals surface area (Å²) in [5.41, 5.74) is 0.753. The van der Waals surface area contributed by atoms with Gasteiger partial charge in [-0.05, 0) is 36.8 Å². The molecule has 6 heteroatoms. The van der Waals surface area contributed by atoms with E-state index in [0.29, 0.717) is 22.7 Å². The molecule has 0 saturated carbocycles. The van der Waals surface area contributed by atoms with Crippen molar-refractivity contribution in [1.82, 2.24) is 0 Å². The fourth-order valence-corrected chi connectivity index (χ4v) is 1.98. The van der Waals surface area contributed by atoms with Crippen molar-refractivity contribution >= 4 is 11.6 Å². The van der Waals surface area contributed by atoms with Crippen LogP contribution in [0.4, 0.5) is 14.5 Å². The SMILES string of the molecule is COc1cc(C)c(NC(=O)c2cc(F)ccc2F)cc1OC. The molecule has 2 aromatic rings. The number of carbonyl (C=O) groups is 1. The van der Waals surface area contributed by atoms with Crippen molar-refractivity contribution < 1.29 is 23.0 Å². The van der Waals surface area contributed by atoms with Crippen molar-refractivity contribution in [2.45, 2.75) is 6.92 Å². The van der Waals surface area contributed by atoms with Crippen LogP contribution in [0.2, 0.25) is 0 Å². The highest BCUT2D eigenvalue weighted by Crippen LogP contribution is 2.33. The van der Waals surface area contributed by atoms with Crippen molar-refractivity contribution in [1.29, 1.82) is 0 Å². The average molecular weight is 307 g/mol. The summed E-state index contributed by atoms with van der Waals surface area (Å²) in [5, 5.41) is 2.54. The maximum atomic E-state index is 13.6. The lowest BCUT2D eigenvalue weighted by atomic mass is 10.1. The maximum Gasteiger partial charge on any atom is 0.258 e. The van der Waals surface area contributed by atoms with Gasteiger partial charge in [-0.3, -0.25) is 4.79 Å². The lowest BCUT2D eigenvalue weighted by Gasteiger charge is -2.14. The summed E-state index contributed by atoms with van der Waals surface area (Å²) >= 11 is 0. The van der Waals surface area contributed by atoms with Gasteiger partial charge in [0.05, 0.1) is 19.8 Å². The van der Waals surface area contributed by atoms with E-state index in [4.69, 9.17) is 9.47 Å². The predicted molar refractivity (Wildman–Crippen MR) is 78.6 cm³/mol. The number of benzene rings is 2. The number of hydrogen-bond acceptors (Lipinski definition) is 3. The molecule has 0 radical (unpaired) electrons. The number of methoxy groups -OCH3 is 2. The third kappa shape index (κ3) is 3.16. The van der Waals surface area contributed by atoms with Crippen molar-refractivity contribution in [3.05, 3.63) is 53.1 Å². The molecule has 0 spiro atoms. The standard InChI is InChI=1S/C16H15F2NO3/c1-9-6-14(21-2)15(22-3)8-13(9)19-16(20)11-7-10(17)4-5-12(11)18/h4-8H,1-3H3,(H,19,20). The topological polar surface area (TPSA) is 47.6 Å². The second-order valence-electron chi connectivity index (χ2n) is 4.60. The van der Waals surface area contributed by atoms with Gasteiger partial charge >= 0.3 is 0 Å². The first-order chi connectivity index (χ1) is 10.5. The summed E-state index contributed by atoms with van der Waals surface area (Å²) in [5.74, 6) is -1.29. The van der Waals surface area contributed by atoms with E-state index in [1.165, 1.54) is 14.2 Å². The quantitative estimate of drug-likeness (QED) is 0.940. The number of aryl methyl sites for hydroxylation is 1. The van der Waals surface area contributed by atoms with Crippen LogP contribution in [0.25, 0.3) is 0 Å². The first-order valence-electron chi connectivity index (χ1n) is 6.45. The highest BCUT2D eigenvalue weighted by atomic mass is 19.1. The Labute approximate surface area is 126 Å². The van der Waals surface area contributed by atoms with Gasteiger partial charge in [0.1, 0.15) is 11.6 Å². The molecule has 116 valence electrons. The number of halogens is 2. The van der Waals surface area contributed by atoms with Gasteiger partial charge < -0.3 is 14.8 Å². The average Bonchev–Trinajstić information content (AvgIpc) is 2.51. The summed E-state index contributed by atoms with van der Waals surface area (Å²) in [7, 11) is 2.96. The van der Waals surface area contributed by atoms with Gasteiger partial charge in [0, 0.05) is 11.8 Å². The van der Waals surface area contributed by atoms with Crippen LogP contribution in [0.1, 0.15) is 15.9 Å². The molecule has 0 aliphatic carbocycles. The van der Waals surface area contributed by atoms with Crippen molar-refractivity contribution in [3.8, 4) is 11.5 Å². The molecule has 0 aliphatic heterocycles. The van der Waals surface area contributed by atoms with E-state index in [0.717, 1.165) is 18.2 Å². The number of rotatable bonds is 4. The Balaban J connectivity index is 2.34. The zero-order valence-corrected chi connectivity index (χ0v) is 12.4. The third-order valence-electron chi connectivity index (χ3n) is 3.15. The van der Waals surface area contributed by atoms with Gasteiger partial charge in [-0.2, -0.15) is 0 Å². The van der Waals surface area contributed by atoms with Crippen molar-refractivity contribution in [2.75, 3.05) is 19.5 Å². The molecule has 0 heterocycles. The van der Waals surface area contributed by atoms with Crippen LogP contribution < -0.4 is 14.8 Å². The zero-order valence-electron chi connectivity index (χ0n) is 12.4. The predicted octanol–water partition coefficient (Wildman–Crippen LogP) is 3.54. The lowest BCUT2D eigenvalue weighted by Crippen LogP contribution is -2.15. The van der Waals surface area contributed by atoms with Crippen LogP contribution >= 0.6 is 0 Å². The second kappa shape index (κ2) is 6.43. The van der Waals surface area contributed by atoms with Gasteiger partial charge in [0.25, 0.3) is 5.91 Å². The van der Waals surface area contributed by atoms with Crippen LogP contribution in [0, 0.1) is 18.6 Å². The van der Waals surface area contributed by atoms with E-state index < -0.39 is 17.5 Å². The summed E-state index contributed by atoms with van der Waals surface area (Å²) in [6.07, 6.45) is 0. The highest BCUT2D eigenvalue weighted by Gasteiger charge is 2.16. The lowest BCUT2D eigenvalue weighted by molar-refractivity contribution is 0.102. The number of nitrogens with one attached hydrogen (secondary N) is 1. The van der Waals surface area contributed by atoms with E-state index in [1.54, 1.807) is 19.1 Å². The number of anilines is 1. The molecule has 0 atom stereocenters. The van der Waals surface area contributed by atoms with Gasteiger partial charge in [0.2, 0.25) is 0 Å². The maximum absolute atomic E-state index is 13.6. The largest absolute Gasteiger partial charge is 0.493 e. The fourth-order valence-electron chi connectivity index (χ4n) is 1.98. The second-order valence-corrected chi connectivity index (χ2v) is 4.60. The Kier molecular flexibility index (Phi) is 4.60. The minimum atomic E-state index is -0.794. The van der Waals surface area contributed by atoms with E-state index in [9.17, 15) is 13.6 Å². The fraction of sp³-hybridized carbons (Fsp3) is 0.188. The minimum Gasteiger partial charge on any atom is -0.493 e. The molecule has 0 fully saturated rings. The molecular weight excluding hydrogens is 292 g/mol. The summed E-state index contributed by atoms with van der Waals surface area (Å²) in [6.45, 7) is 1.75. The molecule has 1 N–H and O–H groups in total. The van der Waals surface area contributed by atoms with Crippen LogP contribution in [-0.2, 0) is 0 Å². The summed E-state index contributed by atoms with van der Waals surface area (Å²) < 4.78 is 37.1. The van der Waals surface area contributed by atoms with E-state index >= 15 is 0 Å². The molecule has 1 amide bonds. The van der Waals surface area contributed by atoms with E-state index in [1.807, 2.05) is 0 Å². The molecule has 2 aromatic carbocycles. The van der Waals surface area contributed by atoms with E-state index in [2.05, 4.69) is 5.32 Å². The number of hydrogen-bond donors (Lipinski definition) is 1. The Morgan fingerprint density at radius 3 is 2.32 bits per heavy atom. The van der Waals surface area contributed by atoms with Crippen LogP contribution in [0.3, 0.4) is 0 Å². The molecule has 22 heavy (non-hydrogen) atoms. The first-order valence-corrected chi connectivity index (χ1v) is 6.45. The van der Waals surface area contributed by atoms with Gasteiger partial charge in [-0.25, -0.2) is 8.78 Å². The van der Waals surface area contributed by atoms with Gasteiger partial charge in [-0.1, -0.05) is 0 Å². The Hall–Kier alpha value is -2.63. The Morgan fingerprint density at radius 1 is 1.05 bits per heavy atom. The van der Waals surface area contributed by atoms with Crippen LogP contribution in [0.5, 0.6) is 11.5 Å². The summed E-state index contributed by atoms with van der Waals surface area (Å²) in [4.78, 5) is 12.1. The van der Waals surface area contributed by atoms with Crippen LogP contribution in [-0.4, -0.2) is 20.1 Å². The monoisotopic (exact) mass is 307 g/mol. The molecule has 0 saturated heterocycles. The molecule has 4 nitrogen and oxygen atoms in total. The smallest absolute Gasteiger partial charge is 0.258 e. The normalized spacial score (nSPS) is 10.2. The van der Waals surface area contributed by atoms with Crippen molar-refractivity contribution in [3.63, 3.8) is 0 Å². The number of amides is 1. The molecule has 2 rings (SSSR count). The number of carbonyl (C=O) groups excluding carboxylic acids is 1. The van der Waals surface area contributed by atoms with Gasteiger partial charge in [0.15, 0.2) is 11.5 Å². The Bertz CT molecular complexity index is 717. The molecular formula is C16H15F2NO3. The van der Waals surface area contributed by atoms with Crippen molar-refractivity contribution in [2.24, 2.45) is 0 Å². The van der Waals surface area contributed by atoms with Crippen LogP contribution in [0.15, 0.2) is 30.3 Å². The number of ether oxygens (including phenoxy) is 2.